The van der Waals surface area contributed by atoms with Crippen LogP contribution in [0.2, 0.25) is 0 Å². The number of carboxylic acid groups (broad SMARTS) is 1. The first kappa shape index (κ1) is 13.2. The second kappa shape index (κ2) is 5.48. The summed E-state index contributed by atoms with van der Waals surface area (Å²) in [6.07, 6.45) is -1.83. The van der Waals surface area contributed by atoms with Crippen molar-refractivity contribution in [2.75, 3.05) is 0 Å². The molecule has 1 aromatic rings. The summed E-state index contributed by atoms with van der Waals surface area (Å²) in [7, 11) is 0. The van der Waals surface area contributed by atoms with E-state index >= 15 is 0 Å². The summed E-state index contributed by atoms with van der Waals surface area (Å²) >= 11 is 1.68. The van der Waals surface area contributed by atoms with Crippen LogP contribution in [0.3, 0.4) is 0 Å². The third-order valence-corrected chi connectivity index (χ3v) is 3.20. The molecule has 0 spiro atoms. The number of hydrogen-bond acceptors (Lipinski definition) is 3. The highest BCUT2D eigenvalue weighted by atomic mass is 127. The van der Waals surface area contributed by atoms with Gasteiger partial charge in [-0.15, -0.1) is 0 Å². The van der Waals surface area contributed by atoms with Crippen LogP contribution >= 0.6 is 22.6 Å². The third-order valence-electron chi connectivity index (χ3n) is 1.99. The van der Waals surface area contributed by atoms with Gasteiger partial charge in [0.05, 0.1) is 6.42 Å². The molecule has 3 N–H and O–H groups in total. The van der Waals surface area contributed by atoms with Crippen molar-refractivity contribution in [2.45, 2.75) is 19.4 Å². The molecule has 0 unspecified atom stereocenters. The van der Waals surface area contributed by atoms with Crippen LogP contribution in [0, 0.1) is 3.57 Å². The average molecular weight is 342 g/mol. The van der Waals surface area contributed by atoms with Crippen LogP contribution in [0.25, 0.3) is 0 Å². The van der Waals surface area contributed by atoms with E-state index in [1.807, 2.05) is 0 Å². The van der Waals surface area contributed by atoms with Crippen LogP contribution in [-0.2, 0) is 17.8 Å². The SMILES string of the molecule is NCc1cnc(C(F)F)c(I)c1CC(=O)O. The summed E-state index contributed by atoms with van der Waals surface area (Å²) < 4.78 is 25.2. The molecule has 1 rings (SSSR count). The van der Waals surface area contributed by atoms with Gasteiger partial charge < -0.3 is 10.8 Å². The molecule has 0 fully saturated rings. The fraction of sp³-hybridized carbons (Fsp3) is 0.333. The third kappa shape index (κ3) is 2.85. The molecule has 0 atom stereocenters. The standard InChI is InChI=1S/C9H9F2IN2O2/c10-9(11)8-7(12)5(1-6(15)16)4(2-13)3-14-8/h3,9H,1-2,13H2,(H,15,16). The van der Waals surface area contributed by atoms with Crippen molar-refractivity contribution in [1.82, 2.24) is 4.98 Å². The van der Waals surface area contributed by atoms with Gasteiger partial charge in [0.2, 0.25) is 0 Å². The lowest BCUT2D eigenvalue weighted by atomic mass is 10.1. The lowest BCUT2D eigenvalue weighted by molar-refractivity contribution is -0.136. The van der Waals surface area contributed by atoms with Crippen LogP contribution in [0.1, 0.15) is 23.2 Å². The number of rotatable bonds is 4. The van der Waals surface area contributed by atoms with E-state index in [0.717, 1.165) is 0 Å². The quantitative estimate of drug-likeness (QED) is 0.817. The van der Waals surface area contributed by atoms with Crippen molar-refractivity contribution >= 4 is 28.6 Å². The number of aromatic nitrogens is 1. The molecular formula is C9H9F2IN2O2. The second-order valence-electron chi connectivity index (χ2n) is 3.04. The predicted octanol–water partition coefficient (Wildman–Crippen LogP) is 1.71. The highest BCUT2D eigenvalue weighted by molar-refractivity contribution is 14.1. The maximum absolute atomic E-state index is 12.5. The van der Waals surface area contributed by atoms with Crippen molar-refractivity contribution in [3.05, 3.63) is 26.6 Å². The summed E-state index contributed by atoms with van der Waals surface area (Å²) in [6.45, 7) is 0.0785. The minimum atomic E-state index is -2.72. The second-order valence-corrected chi connectivity index (χ2v) is 4.12. The van der Waals surface area contributed by atoms with E-state index in [2.05, 4.69) is 4.98 Å². The van der Waals surface area contributed by atoms with Crippen molar-refractivity contribution in [3.63, 3.8) is 0 Å². The molecular weight excluding hydrogens is 333 g/mol. The lowest BCUT2D eigenvalue weighted by Gasteiger charge is -2.11. The van der Waals surface area contributed by atoms with E-state index in [0.29, 0.717) is 11.1 Å². The zero-order valence-corrected chi connectivity index (χ0v) is 10.2. The summed E-state index contributed by atoms with van der Waals surface area (Å²) in [5, 5.41) is 8.69. The molecule has 0 aliphatic carbocycles. The molecule has 0 aliphatic heterocycles. The van der Waals surface area contributed by atoms with Gasteiger partial charge >= 0.3 is 5.97 Å². The average Bonchev–Trinajstić information content (AvgIpc) is 2.19. The van der Waals surface area contributed by atoms with Crippen LogP contribution in [-0.4, -0.2) is 16.1 Å². The minimum absolute atomic E-state index is 0.0785. The van der Waals surface area contributed by atoms with Crippen LogP contribution in [0.15, 0.2) is 6.20 Å². The van der Waals surface area contributed by atoms with E-state index in [4.69, 9.17) is 10.8 Å². The van der Waals surface area contributed by atoms with Gasteiger partial charge in [-0.2, -0.15) is 0 Å². The Labute approximate surface area is 104 Å². The van der Waals surface area contributed by atoms with E-state index in [1.54, 1.807) is 22.6 Å². The molecule has 0 saturated heterocycles. The lowest BCUT2D eigenvalue weighted by Crippen LogP contribution is -2.12. The molecule has 0 amide bonds. The van der Waals surface area contributed by atoms with Gasteiger partial charge in [-0.05, 0) is 33.7 Å². The molecule has 0 saturated carbocycles. The van der Waals surface area contributed by atoms with Crippen molar-refractivity contribution in [2.24, 2.45) is 5.73 Å². The largest absolute Gasteiger partial charge is 0.481 e. The highest BCUT2D eigenvalue weighted by Crippen LogP contribution is 2.27. The molecule has 0 radical (unpaired) electrons. The highest BCUT2D eigenvalue weighted by Gasteiger charge is 2.19. The number of aliphatic carboxylic acids is 1. The number of carbonyl (C=O) groups is 1. The first-order chi connectivity index (χ1) is 7.47. The zero-order valence-electron chi connectivity index (χ0n) is 8.08. The molecule has 7 heteroatoms. The molecule has 0 aromatic carbocycles. The Morgan fingerprint density at radius 2 is 2.25 bits per heavy atom. The molecule has 4 nitrogen and oxygen atoms in total. The Balaban J connectivity index is 3.28. The Morgan fingerprint density at radius 1 is 1.62 bits per heavy atom. The van der Waals surface area contributed by atoms with Gasteiger partial charge in [0.25, 0.3) is 6.43 Å². The summed E-state index contributed by atoms with van der Waals surface area (Å²) in [5.74, 6) is -1.08. The molecule has 1 heterocycles. The Morgan fingerprint density at radius 3 is 2.69 bits per heavy atom. The Bertz CT molecular complexity index is 413. The summed E-state index contributed by atoms with van der Waals surface area (Å²) in [6, 6.07) is 0. The minimum Gasteiger partial charge on any atom is -0.481 e. The number of nitrogens with zero attached hydrogens (tertiary/aromatic N) is 1. The fourth-order valence-electron chi connectivity index (χ4n) is 1.25. The normalized spacial score (nSPS) is 10.8. The molecule has 16 heavy (non-hydrogen) atoms. The fourth-order valence-corrected chi connectivity index (χ4v) is 2.16. The van der Waals surface area contributed by atoms with E-state index in [-0.39, 0.29) is 16.5 Å². The molecule has 0 bridgehead atoms. The van der Waals surface area contributed by atoms with Gasteiger partial charge in [0.1, 0.15) is 5.69 Å². The summed E-state index contributed by atoms with van der Waals surface area (Å²) in [4.78, 5) is 14.2. The molecule has 88 valence electrons. The topological polar surface area (TPSA) is 76.2 Å². The van der Waals surface area contributed by atoms with Gasteiger partial charge in [-0.3, -0.25) is 9.78 Å². The van der Waals surface area contributed by atoms with Crippen molar-refractivity contribution in [3.8, 4) is 0 Å². The number of carboxylic acids is 1. The zero-order chi connectivity index (χ0) is 12.3. The maximum Gasteiger partial charge on any atom is 0.307 e. The Kier molecular flexibility index (Phi) is 4.54. The van der Waals surface area contributed by atoms with Crippen LogP contribution in [0.4, 0.5) is 8.78 Å². The van der Waals surface area contributed by atoms with E-state index in [9.17, 15) is 13.6 Å². The monoisotopic (exact) mass is 342 g/mol. The number of nitrogens with two attached hydrogens (primary N) is 1. The number of halogens is 3. The Hall–Kier alpha value is -0.830. The van der Waals surface area contributed by atoms with Crippen molar-refractivity contribution < 1.29 is 18.7 Å². The summed E-state index contributed by atoms with van der Waals surface area (Å²) in [5.41, 5.74) is 5.81. The maximum atomic E-state index is 12.5. The first-order valence-electron chi connectivity index (χ1n) is 4.33. The number of pyridine rings is 1. The van der Waals surface area contributed by atoms with Crippen LogP contribution in [0.5, 0.6) is 0 Å². The molecule has 1 aromatic heterocycles. The number of alkyl halides is 2. The molecule has 0 aliphatic rings. The van der Waals surface area contributed by atoms with Gasteiger partial charge in [0.15, 0.2) is 0 Å². The first-order valence-corrected chi connectivity index (χ1v) is 5.41. The van der Waals surface area contributed by atoms with Gasteiger partial charge in [0, 0.05) is 16.3 Å². The van der Waals surface area contributed by atoms with Crippen LogP contribution < -0.4 is 5.73 Å². The van der Waals surface area contributed by atoms with E-state index in [1.165, 1.54) is 6.20 Å². The van der Waals surface area contributed by atoms with Gasteiger partial charge in [-0.25, -0.2) is 8.78 Å². The smallest absolute Gasteiger partial charge is 0.307 e. The van der Waals surface area contributed by atoms with Gasteiger partial charge in [-0.1, -0.05) is 0 Å². The van der Waals surface area contributed by atoms with E-state index < -0.39 is 18.1 Å². The number of hydrogen-bond donors (Lipinski definition) is 2. The van der Waals surface area contributed by atoms with Crippen molar-refractivity contribution in [1.29, 1.82) is 0 Å². The predicted molar refractivity (Wildman–Crippen MR) is 61.1 cm³/mol.